The van der Waals surface area contributed by atoms with Gasteiger partial charge in [-0.3, -0.25) is 14.1 Å². The lowest BCUT2D eigenvalue weighted by Gasteiger charge is -2.09. The predicted octanol–water partition coefficient (Wildman–Crippen LogP) is 4.25. The molecule has 8 heteroatoms. The predicted molar refractivity (Wildman–Crippen MR) is 127 cm³/mol. The Bertz CT molecular complexity index is 1270. The monoisotopic (exact) mass is 443 g/mol. The Balaban J connectivity index is 1.42. The number of aromatic amines is 1. The van der Waals surface area contributed by atoms with Crippen LogP contribution in [0.15, 0.2) is 53.6 Å². The smallest absolute Gasteiger partial charge is 0.296 e. The van der Waals surface area contributed by atoms with Crippen molar-refractivity contribution in [3.8, 4) is 22.6 Å². The molecule has 0 aliphatic heterocycles. The summed E-state index contributed by atoms with van der Waals surface area (Å²) in [7, 11) is 0. The number of pyridine rings is 1. The molecule has 3 aromatic heterocycles. The molecule has 1 saturated carbocycles. The molecule has 2 atom stereocenters. The molecule has 1 N–H and O–H groups in total. The number of nitrogens with one attached hydrogen (secondary N) is 1. The highest BCUT2D eigenvalue weighted by Gasteiger charge is 2.38. The molecule has 0 saturated heterocycles. The number of imidazole rings is 1. The molecule has 8 nitrogen and oxygen atoms in total. The van der Waals surface area contributed by atoms with Crippen molar-refractivity contribution < 1.29 is 0 Å². The van der Waals surface area contributed by atoms with Crippen LogP contribution in [0, 0.1) is 5.92 Å². The zero-order valence-electron chi connectivity index (χ0n) is 19.1. The van der Waals surface area contributed by atoms with E-state index in [2.05, 4.69) is 46.7 Å². The fourth-order valence-corrected chi connectivity index (χ4v) is 4.56. The van der Waals surface area contributed by atoms with Crippen LogP contribution >= 0.6 is 0 Å². The minimum atomic E-state index is 0.105. The lowest BCUT2D eigenvalue weighted by atomic mass is 10.0. The highest BCUT2D eigenvalue weighted by atomic mass is 16.1. The van der Waals surface area contributed by atoms with Gasteiger partial charge in [-0.15, -0.1) is 10.2 Å². The third-order valence-electron chi connectivity index (χ3n) is 6.59. The van der Waals surface area contributed by atoms with Gasteiger partial charge in [0.25, 0.3) is 0 Å². The van der Waals surface area contributed by atoms with Crippen molar-refractivity contribution in [1.29, 1.82) is 0 Å². The van der Waals surface area contributed by atoms with E-state index < -0.39 is 0 Å². The normalized spacial score (nSPS) is 17.4. The zero-order chi connectivity index (χ0) is 22.8. The molecular weight excluding hydrogens is 414 g/mol. The first-order chi connectivity index (χ1) is 16.2. The maximum atomic E-state index is 13.2. The first-order valence-corrected chi connectivity index (χ1v) is 11.8. The number of hydrogen-bond acceptors (Lipinski definition) is 5. The molecule has 33 heavy (non-hydrogen) atoms. The Morgan fingerprint density at radius 3 is 2.64 bits per heavy atom. The van der Waals surface area contributed by atoms with Crippen LogP contribution in [-0.4, -0.2) is 34.7 Å². The average molecular weight is 444 g/mol. The highest BCUT2D eigenvalue weighted by Crippen LogP contribution is 2.44. The number of benzene rings is 1. The Morgan fingerprint density at radius 2 is 1.97 bits per heavy atom. The van der Waals surface area contributed by atoms with Crippen LogP contribution in [0.4, 0.5) is 0 Å². The third-order valence-corrected chi connectivity index (χ3v) is 6.59. The fourth-order valence-electron chi connectivity index (χ4n) is 4.56. The Morgan fingerprint density at radius 1 is 1.12 bits per heavy atom. The van der Waals surface area contributed by atoms with E-state index in [1.54, 1.807) is 0 Å². The summed E-state index contributed by atoms with van der Waals surface area (Å²) in [5.41, 5.74) is 4.88. The van der Waals surface area contributed by atoms with Gasteiger partial charge < -0.3 is 0 Å². The van der Waals surface area contributed by atoms with Gasteiger partial charge >= 0.3 is 5.69 Å². The molecule has 4 aromatic rings. The van der Waals surface area contributed by atoms with E-state index in [0.29, 0.717) is 24.3 Å². The third kappa shape index (κ3) is 4.25. The van der Waals surface area contributed by atoms with Crippen LogP contribution in [0.1, 0.15) is 56.8 Å². The molecule has 0 spiro atoms. The van der Waals surface area contributed by atoms with Gasteiger partial charge in [0.15, 0.2) is 0 Å². The highest BCUT2D eigenvalue weighted by molar-refractivity contribution is 5.78. The molecule has 3 heterocycles. The summed E-state index contributed by atoms with van der Waals surface area (Å²) in [6.45, 7) is 4.92. The second kappa shape index (κ2) is 9.13. The van der Waals surface area contributed by atoms with E-state index in [9.17, 15) is 4.79 Å². The topological polar surface area (TPSA) is 94.3 Å². The van der Waals surface area contributed by atoms with Crippen LogP contribution in [-0.2, 0) is 13.0 Å². The Hall–Kier alpha value is -3.55. The van der Waals surface area contributed by atoms with E-state index >= 15 is 0 Å². The number of rotatable bonds is 9. The van der Waals surface area contributed by atoms with Crippen LogP contribution < -0.4 is 5.69 Å². The maximum Gasteiger partial charge on any atom is 0.328 e. The maximum absolute atomic E-state index is 13.2. The van der Waals surface area contributed by atoms with Crippen molar-refractivity contribution in [3.05, 3.63) is 70.5 Å². The minimum Gasteiger partial charge on any atom is -0.296 e. The molecule has 1 aliphatic carbocycles. The van der Waals surface area contributed by atoms with Gasteiger partial charge in [-0.05, 0) is 42.0 Å². The molecule has 0 bridgehead atoms. The molecule has 1 aliphatic rings. The number of tetrazole rings is 1. The first kappa shape index (κ1) is 21.3. The fraction of sp³-hybridized carbons (Fsp3) is 0.400. The number of aromatic nitrogens is 7. The number of unbranched alkanes of at least 4 members (excludes halogenated alkanes) is 1. The largest absolute Gasteiger partial charge is 0.328 e. The Labute approximate surface area is 192 Å². The number of hydrogen-bond donors (Lipinski definition) is 1. The van der Waals surface area contributed by atoms with Gasteiger partial charge in [0.05, 0.1) is 12.2 Å². The minimum absolute atomic E-state index is 0.105. The van der Waals surface area contributed by atoms with Gasteiger partial charge in [-0.2, -0.15) is 5.21 Å². The second-order valence-corrected chi connectivity index (χ2v) is 8.80. The number of H-pyrrole nitrogens is 1. The molecule has 2 unspecified atom stereocenters. The quantitative estimate of drug-likeness (QED) is 0.417. The summed E-state index contributed by atoms with van der Waals surface area (Å²) in [5, 5.41) is 14.4. The van der Waals surface area contributed by atoms with Crippen LogP contribution in [0.5, 0.6) is 0 Å². The molecule has 1 aromatic carbocycles. The Kier molecular flexibility index (Phi) is 5.90. The molecule has 170 valence electrons. The SMILES string of the molecule is CCCCc1cn(C2CC2CC)c(=O)n1Cc1ccc(-c2ccccc2-c2nn[nH]n2)nc1. The van der Waals surface area contributed by atoms with Crippen molar-refractivity contribution >= 4 is 0 Å². The number of nitrogens with zero attached hydrogens (tertiary/aromatic N) is 6. The lowest BCUT2D eigenvalue weighted by Crippen LogP contribution is -2.25. The molecule has 5 rings (SSSR count). The van der Waals surface area contributed by atoms with Gasteiger partial charge in [0, 0.05) is 35.3 Å². The van der Waals surface area contributed by atoms with E-state index in [1.807, 2.05) is 45.7 Å². The standard InChI is InChI=1S/C25H29N7O/c1-3-5-8-19-16-32(23-13-18(23)4-2)25(33)31(19)15-17-11-12-22(26-14-17)20-9-6-7-10-21(20)24-27-29-30-28-24/h6-7,9-12,14,16,18,23H,3-5,8,13,15H2,1-2H3,(H,27,28,29,30). The average Bonchev–Trinajstić information content (AvgIpc) is 3.29. The van der Waals surface area contributed by atoms with Gasteiger partial charge in [0.1, 0.15) is 0 Å². The summed E-state index contributed by atoms with van der Waals surface area (Å²) in [4.78, 5) is 18.0. The molecular formula is C25H29N7O. The van der Waals surface area contributed by atoms with Crippen molar-refractivity contribution in [2.24, 2.45) is 5.92 Å². The molecule has 0 radical (unpaired) electrons. The van der Waals surface area contributed by atoms with Crippen LogP contribution in [0.25, 0.3) is 22.6 Å². The molecule has 1 fully saturated rings. The summed E-state index contributed by atoms with van der Waals surface area (Å²) in [5.74, 6) is 1.17. The van der Waals surface area contributed by atoms with E-state index in [1.165, 1.54) is 0 Å². The van der Waals surface area contributed by atoms with Gasteiger partial charge in [-0.25, -0.2) is 4.79 Å². The first-order valence-electron chi connectivity index (χ1n) is 11.8. The second-order valence-electron chi connectivity index (χ2n) is 8.80. The van der Waals surface area contributed by atoms with Gasteiger partial charge in [0.2, 0.25) is 5.82 Å². The lowest BCUT2D eigenvalue weighted by molar-refractivity contribution is 0.598. The van der Waals surface area contributed by atoms with Crippen molar-refractivity contribution in [3.63, 3.8) is 0 Å². The van der Waals surface area contributed by atoms with Crippen molar-refractivity contribution in [2.75, 3.05) is 0 Å². The zero-order valence-corrected chi connectivity index (χ0v) is 19.1. The van der Waals surface area contributed by atoms with E-state index in [4.69, 9.17) is 4.98 Å². The van der Waals surface area contributed by atoms with Crippen molar-refractivity contribution in [1.82, 2.24) is 34.7 Å². The van der Waals surface area contributed by atoms with Gasteiger partial charge in [-0.1, -0.05) is 57.0 Å². The van der Waals surface area contributed by atoms with Crippen molar-refractivity contribution in [2.45, 2.75) is 58.5 Å². The van der Waals surface area contributed by atoms with Crippen LogP contribution in [0.2, 0.25) is 0 Å². The van der Waals surface area contributed by atoms with E-state index in [-0.39, 0.29) is 5.69 Å². The number of aryl methyl sites for hydroxylation is 1. The summed E-state index contributed by atoms with van der Waals surface area (Å²) >= 11 is 0. The summed E-state index contributed by atoms with van der Waals surface area (Å²) in [6, 6.07) is 12.3. The summed E-state index contributed by atoms with van der Waals surface area (Å²) < 4.78 is 3.91. The van der Waals surface area contributed by atoms with Crippen LogP contribution in [0.3, 0.4) is 0 Å². The summed E-state index contributed by atoms with van der Waals surface area (Å²) in [6.07, 6.45) is 9.31. The van der Waals surface area contributed by atoms with E-state index in [0.717, 1.165) is 60.2 Å². The molecule has 0 amide bonds.